The summed E-state index contributed by atoms with van der Waals surface area (Å²) in [5.41, 5.74) is 1.58. The second-order valence-electron chi connectivity index (χ2n) is 9.48. The van der Waals surface area contributed by atoms with Gasteiger partial charge in [-0.15, -0.1) is 0 Å². The zero-order valence-electron chi connectivity index (χ0n) is 22.0. The molecule has 0 atom stereocenters. The van der Waals surface area contributed by atoms with E-state index in [0.29, 0.717) is 11.5 Å². The summed E-state index contributed by atoms with van der Waals surface area (Å²) in [5.74, 6) is -0.659. The van der Waals surface area contributed by atoms with Crippen molar-refractivity contribution in [3.05, 3.63) is 58.7 Å². The van der Waals surface area contributed by atoms with E-state index in [-0.39, 0.29) is 11.1 Å². The average Bonchev–Trinajstić information content (AvgIpc) is 2.88. The highest BCUT2D eigenvalue weighted by atomic mass is 16.5. The molecule has 0 bridgehead atoms. The van der Waals surface area contributed by atoms with Crippen LogP contribution in [0, 0.1) is 0 Å². The molecule has 0 unspecified atom stereocenters. The van der Waals surface area contributed by atoms with Gasteiger partial charge in [0.25, 0.3) is 0 Å². The van der Waals surface area contributed by atoms with Gasteiger partial charge in [0.05, 0.1) is 11.1 Å². The Morgan fingerprint density at radius 1 is 0.722 bits per heavy atom. The quantitative estimate of drug-likeness (QED) is 0.346. The number of ether oxygens (including phenoxy) is 1. The van der Waals surface area contributed by atoms with E-state index in [4.69, 9.17) is 4.74 Å². The van der Waals surface area contributed by atoms with Crippen LogP contribution < -0.4 is 4.74 Å². The van der Waals surface area contributed by atoms with E-state index in [2.05, 4.69) is 37.5 Å². The van der Waals surface area contributed by atoms with Gasteiger partial charge in [-0.1, -0.05) is 27.7 Å². The van der Waals surface area contributed by atoms with E-state index < -0.39 is 17.4 Å². The molecule has 0 saturated carbocycles. The molecule has 2 aromatic rings. The highest BCUT2D eigenvalue weighted by Crippen LogP contribution is 2.53. The van der Waals surface area contributed by atoms with Crippen LogP contribution in [-0.2, 0) is 5.41 Å². The first-order valence-corrected chi connectivity index (χ1v) is 13.2. The van der Waals surface area contributed by atoms with Crippen LogP contribution in [0.2, 0.25) is 0 Å². The number of benzene rings is 2. The van der Waals surface area contributed by atoms with Gasteiger partial charge < -0.3 is 24.7 Å². The molecule has 7 heteroatoms. The zero-order valence-corrected chi connectivity index (χ0v) is 22.0. The number of hydrogen-bond acceptors (Lipinski definition) is 5. The topological polar surface area (TPSA) is 90.3 Å². The fourth-order valence-electron chi connectivity index (χ4n) is 5.47. The predicted molar refractivity (Wildman–Crippen MR) is 142 cm³/mol. The van der Waals surface area contributed by atoms with Crippen LogP contribution >= 0.6 is 0 Å². The Bertz CT molecular complexity index is 976. The molecule has 1 heterocycles. The lowest BCUT2D eigenvalue weighted by molar-refractivity contribution is 0.0686. The van der Waals surface area contributed by atoms with Gasteiger partial charge in [0.1, 0.15) is 11.5 Å². The summed E-state index contributed by atoms with van der Waals surface area (Å²) in [5, 5.41) is 19.5. The predicted octanol–water partition coefficient (Wildman–Crippen LogP) is 5.72. The molecule has 2 N–H and O–H groups in total. The summed E-state index contributed by atoms with van der Waals surface area (Å²) in [6, 6.07) is 10.1. The Labute approximate surface area is 214 Å². The molecule has 0 spiro atoms. The number of rotatable bonds is 14. The largest absolute Gasteiger partial charge is 0.478 e. The summed E-state index contributed by atoms with van der Waals surface area (Å²) in [6.07, 6.45) is 3.36. The van der Waals surface area contributed by atoms with E-state index in [1.807, 2.05) is 0 Å². The van der Waals surface area contributed by atoms with E-state index in [1.165, 1.54) is 0 Å². The first kappa shape index (κ1) is 27.7. The molecule has 3 rings (SSSR count). The van der Waals surface area contributed by atoms with Gasteiger partial charge in [-0.2, -0.15) is 0 Å². The van der Waals surface area contributed by atoms with E-state index in [9.17, 15) is 19.8 Å². The fraction of sp³-hybridized carbons (Fsp3) is 0.517. The number of fused-ring (bicyclic) bond motifs is 2. The highest BCUT2D eigenvalue weighted by molar-refractivity contribution is 5.89. The maximum atomic E-state index is 11.9. The van der Waals surface area contributed by atoms with Crippen molar-refractivity contribution in [3.8, 4) is 11.5 Å². The van der Waals surface area contributed by atoms with Crippen molar-refractivity contribution in [1.29, 1.82) is 0 Å². The van der Waals surface area contributed by atoms with Gasteiger partial charge in [0, 0.05) is 16.5 Å². The van der Waals surface area contributed by atoms with E-state index in [1.54, 1.807) is 36.4 Å². The zero-order chi connectivity index (χ0) is 26.3. The van der Waals surface area contributed by atoms with E-state index >= 15 is 0 Å². The van der Waals surface area contributed by atoms with Crippen LogP contribution in [0.3, 0.4) is 0 Å². The minimum absolute atomic E-state index is 0.215. The molecule has 0 aromatic heterocycles. The van der Waals surface area contributed by atoms with Crippen molar-refractivity contribution in [2.75, 3.05) is 39.3 Å². The number of aromatic carboxylic acids is 2. The molecule has 1 aliphatic rings. The van der Waals surface area contributed by atoms with Crippen molar-refractivity contribution < 1.29 is 24.5 Å². The number of hydrogen-bond donors (Lipinski definition) is 2. The summed E-state index contributed by atoms with van der Waals surface area (Å²) >= 11 is 0. The summed E-state index contributed by atoms with van der Waals surface area (Å²) in [4.78, 5) is 28.6. The Kier molecular flexibility index (Phi) is 9.51. The molecule has 196 valence electrons. The summed E-state index contributed by atoms with van der Waals surface area (Å²) in [7, 11) is 0. The molecule has 36 heavy (non-hydrogen) atoms. The molecule has 0 fully saturated rings. The van der Waals surface area contributed by atoms with Crippen LogP contribution in [0.25, 0.3) is 0 Å². The van der Waals surface area contributed by atoms with Crippen LogP contribution in [-0.4, -0.2) is 71.2 Å². The monoisotopic (exact) mass is 496 g/mol. The van der Waals surface area contributed by atoms with Crippen LogP contribution in [0.5, 0.6) is 11.5 Å². The van der Waals surface area contributed by atoms with Gasteiger partial charge in [-0.3, -0.25) is 0 Å². The smallest absolute Gasteiger partial charge is 0.335 e. The van der Waals surface area contributed by atoms with Gasteiger partial charge >= 0.3 is 11.9 Å². The number of carbonyl (C=O) groups is 2. The van der Waals surface area contributed by atoms with Crippen LogP contribution in [0.4, 0.5) is 0 Å². The summed E-state index contributed by atoms with van der Waals surface area (Å²) < 4.78 is 6.24. The molecule has 7 nitrogen and oxygen atoms in total. The van der Waals surface area contributed by atoms with Gasteiger partial charge in [0.2, 0.25) is 0 Å². The van der Waals surface area contributed by atoms with Gasteiger partial charge in [-0.25, -0.2) is 9.59 Å². The fourth-order valence-corrected chi connectivity index (χ4v) is 5.47. The third-order valence-electron chi connectivity index (χ3n) is 7.65. The second kappa shape index (κ2) is 12.4. The molecule has 0 saturated heterocycles. The molecule has 0 radical (unpaired) electrons. The lowest BCUT2D eigenvalue weighted by Crippen LogP contribution is -2.35. The average molecular weight is 497 g/mol. The highest BCUT2D eigenvalue weighted by Gasteiger charge is 2.42. The third-order valence-corrected chi connectivity index (χ3v) is 7.65. The van der Waals surface area contributed by atoms with Gasteiger partial charge in [-0.05, 0) is 101 Å². The van der Waals surface area contributed by atoms with Crippen molar-refractivity contribution in [2.24, 2.45) is 0 Å². The van der Waals surface area contributed by atoms with Gasteiger partial charge in [0.15, 0.2) is 0 Å². The number of carboxylic acids is 2. The Morgan fingerprint density at radius 3 is 1.44 bits per heavy atom. The molecule has 1 aliphatic heterocycles. The molecule has 0 aliphatic carbocycles. The summed E-state index contributed by atoms with van der Waals surface area (Å²) in [6.45, 7) is 14.3. The van der Waals surface area contributed by atoms with Crippen molar-refractivity contribution >= 4 is 11.9 Å². The molecule has 2 aromatic carbocycles. The first-order chi connectivity index (χ1) is 17.3. The normalized spacial score (nSPS) is 13.8. The SMILES string of the molecule is CCN(CC)CCCC1(CCCN(CC)CC)c2cc(C(=O)O)ccc2Oc2ccc(C(=O)O)cc21. The lowest BCUT2D eigenvalue weighted by Gasteiger charge is -2.42. The minimum atomic E-state index is -0.983. The van der Waals surface area contributed by atoms with Crippen LogP contribution in [0.15, 0.2) is 36.4 Å². The van der Waals surface area contributed by atoms with Crippen molar-refractivity contribution in [3.63, 3.8) is 0 Å². The first-order valence-electron chi connectivity index (χ1n) is 13.2. The van der Waals surface area contributed by atoms with Crippen molar-refractivity contribution in [1.82, 2.24) is 9.80 Å². The molecular formula is C29H40N2O5. The number of nitrogens with zero attached hydrogens (tertiary/aromatic N) is 2. The lowest BCUT2D eigenvalue weighted by atomic mass is 9.66. The number of carboxylic acid groups (broad SMARTS) is 2. The Morgan fingerprint density at radius 2 is 1.11 bits per heavy atom. The maximum Gasteiger partial charge on any atom is 0.335 e. The Balaban J connectivity index is 2.15. The maximum absolute atomic E-state index is 11.9. The molecule has 0 amide bonds. The second-order valence-corrected chi connectivity index (χ2v) is 9.48. The standard InChI is InChI=1S/C29H40N2O5/c1-5-30(6-2)17-9-15-29(16-10-18-31(7-3)8-4)23-19-21(27(32)33)11-13-25(23)36-26-14-12-22(28(34)35)20-24(26)29/h11-14,19-20H,5-10,15-18H2,1-4H3,(H,32,33)(H,34,35). The third kappa shape index (κ3) is 5.90. The van der Waals surface area contributed by atoms with Crippen LogP contribution in [0.1, 0.15) is 85.2 Å². The van der Waals surface area contributed by atoms with E-state index in [0.717, 1.165) is 76.1 Å². The Hall–Kier alpha value is -2.90. The molecular weight excluding hydrogens is 456 g/mol. The minimum Gasteiger partial charge on any atom is -0.478 e. The van der Waals surface area contributed by atoms with Crippen molar-refractivity contribution in [2.45, 2.75) is 58.8 Å².